The fourth-order valence-electron chi connectivity index (χ4n) is 1.44. The van der Waals surface area contributed by atoms with E-state index in [0.29, 0.717) is 0 Å². The second-order valence-corrected chi connectivity index (χ2v) is 5.86. The van der Waals surface area contributed by atoms with Crippen molar-refractivity contribution in [1.29, 1.82) is 0 Å². The van der Waals surface area contributed by atoms with Crippen LogP contribution < -0.4 is 10.2 Å². The van der Waals surface area contributed by atoms with Gasteiger partial charge in [0, 0.05) is 0 Å². The molecule has 2 aromatic rings. The van der Waals surface area contributed by atoms with Crippen molar-refractivity contribution in [3.8, 4) is 34.5 Å². The molecule has 0 aliphatic rings. The summed E-state index contributed by atoms with van der Waals surface area (Å²) in [7, 11) is 0. The summed E-state index contributed by atoms with van der Waals surface area (Å²) in [5.74, 6) is -3.33. The van der Waals surface area contributed by atoms with Gasteiger partial charge in [-0.15, -0.1) is 0 Å². The molecule has 11 heteroatoms. The molecule has 0 spiro atoms. The minimum absolute atomic E-state index is 0. The summed E-state index contributed by atoms with van der Waals surface area (Å²) >= 11 is 4.37. The van der Waals surface area contributed by atoms with Crippen molar-refractivity contribution in [2.45, 2.75) is 0 Å². The van der Waals surface area contributed by atoms with Crippen LogP contribution in [0.25, 0.3) is 0 Å². The fraction of sp³-hybridized carbons (Fsp3) is 0. The average Bonchev–Trinajstić information content (AvgIpc) is 2.49. The maximum absolute atomic E-state index is 10.7. The number of hydrogen-bond acceptors (Lipinski definition) is 8. The van der Waals surface area contributed by atoms with Gasteiger partial charge in [-0.3, -0.25) is 0 Å². The molecule has 0 heterocycles. The molecular formula is C14H10BaO8Se2. The first kappa shape index (κ1) is 24.2. The van der Waals surface area contributed by atoms with Crippen molar-refractivity contribution >= 4 is 89.2 Å². The molecule has 0 unspecified atom stereocenters. The Balaban J connectivity index is 0.000000443. The molecule has 0 aromatic heterocycles. The molecule has 8 nitrogen and oxygen atoms in total. The van der Waals surface area contributed by atoms with Crippen LogP contribution in [0.4, 0.5) is 0 Å². The van der Waals surface area contributed by atoms with Crippen molar-refractivity contribution in [2.24, 2.45) is 0 Å². The third-order valence-electron chi connectivity index (χ3n) is 2.61. The quantitative estimate of drug-likeness (QED) is 0.159. The molecule has 25 heavy (non-hydrogen) atoms. The summed E-state index contributed by atoms with van der Waals surface area (Å²) in [6, 6.07) is 4.25. The van der Waals surface area contributed by atoms with Gasteiger partial charge in [0.1, 0.15) is 0 Å². The Bertz CT molecular complexity index is 696. The van der Waals surface area contributed by atoms with Gasteiger partial charge >= 0.3 is 200 Å². The summed E-state index contributed by atoms with van der Waals surface area (Å²) in [6.45, 7) is 0. The molecule has 0 saturated carbocycles. The average molecular weight is 601 g/mol. The molecule has 6 N–H and O–H groups in total. The maximum atomic E-state index is 10.7. The van der Waals surface area contributed by atoms with Crippen molar-refractivity contribution in [3.05, 3.63) is 35.4 Å². The SMILES string of the molecule is [Ba+2].[O-]C(=[Se])c1cc(O)c(O)c(O)c1.[O-]C(=[Se])c1cc(O)c(O)c(O)c1. The number of rotatable bonds is 2. The third kappa shape index (κ3) is 6.78. The zero-order valence-electron chi connectivity index (χ0n) is 12.3. The number of benzene rings is 2. The molecule has 0 atom stereocenters. The number of hydrogen-bond donors (Lipinski definition) is 6. The van der Waals surface area contributed by atoms with E-state index >= 15 is 0 Å². The van der Waals surface area contributed by atoms with Crippen molar-refractivity contribution in [2.75, 3.05) is 0 Å². The van der Waals surface area contributed by atoms with E-state index in [4.69, 9.17) is 30.6 Å². The van der Waals surface area contributed by atoms with Gasteiger partial charge in [-0.1, -0.05) is 0 Å². The fourth-order valence-corrected chi connectivity index (χ4v) is 1.94. The van der Waals surface area contributed by atoms with Gasteiger partial charge in [0.05, 0.1) is 0 Å². The van der Waals surface area contributed by atoms with E-state index in [0.717, 1.165) is 24.3 Å². The summed E-state index contributed by atoms with van der Waals surface area (Å²) in [6.07, 6.45) is 0. The van der Waals surface area contributed by atoms with Gasteiger partial charge in [-0.05, 0) is 0 Å². The zero-order chi connectivity index (χ0) is 18.6. The predicted octanol–water partition coefficient (Wildman–Crippen LogP) is -2.76. The van der Waals surface area contributed by atoms with Crippen LogP contribution in [0.5, 0.6) is 34.5 Å². The van der Waals surface area contributed by atoms with Gasteiger partial charge in [-0.2, -0.15) is 0 Å². The molecule has 128 valence electrons. The van der Waals surface area contributed by atoms with E-state index < -0.39 is 43.7 Å². The van der Waals surface area contributed by atoms with E-state index in [-0.39, 0.29) is 60.0 Å². The predicted molar refractivity (Wildman–Crippen MR) is 88.4 cm³/mol. The number of phenols is 6. The minimum atomic E-state index is -0.625. The van der Waals surface area contributed by atoms with Crippen LogP contribution in [-0.4, -0.2) is 120 Å². The summed E-state index contributed by atoms with van der Waals surface area (Å²) in [5, 5.41) is 75.0. The van der Waals surface area contributed by atoms with Crippen molar-refractivity contribution in [3.63, 3.8) is 0 Å². The van der Waals surface area contributed by atoms with Gasteiger partial charge in [0.2, 0.25) is 0 Å². The summed E-state index contributed by atoms with van der Waals surface area (Å²) in [4.78, 5) is 0. The normalized spacial score (nSPS) is 9.28. The first-order valence-corrected chi connectivity index (χ1v) is 7.68. The molecule has 0 fully saturated rings. The van der Waals surface area contributed by atoms with E-state index in [9.17, 15) is 10.2 Å². The first-order valence-electron chi connectivity index (χ1n) is 5.97. The van der Waals surface area contributed by atoms with Crippen LogP contribution in [-0.2, 0) is 0 Å². The molecule has 0 amide bonds. The van der Waals surface area contributed by atoms with Gasteiger partial charge in [0.15, 0.2) is 0 Å². The molecule has 2 aromatic carbocycles. The molecule has 0 radical (unpaired) electrons. The van der Waals surface area contributed by atoms with E-state index in [1.165, 1.54) is 0 Å². The topological polar surface area (TPSA) is 168 Å². The zero-order valence-corrected chi connectivity index (χ0v) is 20.2. The standard InChI is InChI=1S/2C7H6O4Se.Ba/c2*8-4-1-3(7(11)12)2-5(9)6(4)10;/h2*1-2,8-10H,(H,11,12);/q;;+2/p-2. The van der Waals surface area contributed by atoms with E-state index in [1.54, 1.807) is 0 Å². The van der Waals surface area contributed by atoms with Gasteiger partial charge < -0.3 is 0 Å². The first-order chi connectivity index (χ1) is 11.0. The number of aromatic hydroxyl groups is 6. The van der Waals surface area contributed by atoms with Crippen molar-refractivity contribution < 1.29 is 40.9 Å². The van der Waals surface area contributed by atoms with Crippen LogP contribution in [0, 0.1) is 0 Å². The molecule has 0 aliphatic carbocycles. The number of phenolic OH excluding ortho intramolecular Hbond substituents is 6. The molecule has 0 bridgehead atoms. The van der Waals surface area contributed by atoms with Gasteiger partial charge in [0.25, 0.3) is 0 Å². The van der Waals surface area contributed by atoms with Crippen LogP contribution >= 0.6 is 0 Å². The summed E-state index contributed by atoms with van der Waals surface area (Å²) < 4.78 is -0.832. The molecule has 2 rings (SSSR count). The van der Waals surface area contributed by atoms with Crippen LogP contribution in [0.1, 0.15) is 11.1 Å². The Kier molecular flexibility index (Phi) is 10.0. The third-order valence-corrected chi connectivity index (χ3v) is 3.60. The van der Waals surface area contributed by atoms with Crippen LogP contribution in [0.3, 0.4) is 0 Å². The van der Waals surface area contributed by atoms with Crippen LogP contribution in [0.15, 0.2) is 24.3 Å². The summed E-state index contributed by atoms with van der Waals surface area (Å²) in [5.41, 5.74) is 0.200. The molecular weight excluding hydrogens is 591 g/mol. The second kappa shape index (κ2) is 10.4. The molecule has 0 aliphatic heterocycles. The Labute approximate surface area is 197 Å². The Morgan fingerprint density at radius 1 is 0.600 bits per heavy atom. The van der Waals surface area contributed by atoms with E-state index in [2.05, 4.69) is 31.2 Å². The monoisotopic (exact) mass is 604 g/mol. The van der Waals surface area contributed by atoms with Crippen LogP contribution in [0.2, 0.25) is 0 Å². The Morgan fingerprint density at radius 2 is 0.800 bits per heavy atom. The molecule has 0 saturated heterocycles. The Hall–Kier alpha value is -0.810. The Morgan fingerprint density at radius 3 is 0.960 bits per heavy atom. The van der Waals surface area contributed by atoms with Crippen molar-refractivity contribution in [1.82, 2.24) is 0 Å². The van der Waals surface area contributed by atoms with E-state index in [1.807, 2.05) is 0 Å². The second-order valence-electron chi connectivity index (χ2n) is 4.30. The van der Waals surface area contributed by atoms with Gasteiger partial charge in [-0.25, -0.2) is 0 Å².